The standard InChI is InChI=1S/C19H31N5O/c1-3-17-22-23-18-10-9-16(13-24(17)18)21-14(2)19(25)20-12-11-15-7-5-4-6-8-15/h7,14,16,21H,3-6,8-13H2,1-2H3,(H,20,25)/t14-,16-/m0/s1. The second-order valence-corrected chi connectivity index (χ2v) is 7.27. The number of fused-ring (bicyclic) bond motifs is 1. The first-order valence-electron chi connectivity index (χ1n) is 9.80. The lowest BCUT2D eigenvalue weighted by atomic mass is 9.97. The third kappa shape index (κ3) is 4.69. The van der Waals surface area contributed by atoms with Gasteiger partial charge in [0.05, 0.1) is 6.04 Å². The molecule has 1 aliphatic carbocycles. The van der Waals surface area contributed by atoms with Crippen LogP contribution < -0.4 is 10.6 Å². The zero-order chi connectivity index (χ0) is 17.6. The highest BCUT2D eigenvalue weighted by atomic mass is 16.2. The molecule has 2 heterocycles. The van der Waals surface area contributed by atoms with Gasteiger partial charge in [0.15, 0.2) is 0 Å². The Hall–Kier alpha value is -1.69. The summed E-state index contributed by atoms with van der Waals surface area (Å²) in [6, 6.07) is 0.129. The summed E-state index contributed by atoms with van der Waals surface area (Å²) in [5, 5.41) is 15.1. The van der Waals surface area contributed by atoms with Gasteiger partial charge in [0.2, 0.25) is 5.91 Å². The minimum absolute atomic E-state index is 0.0988. The second kappa shape index (κ2) is 8.61. The van der Waals surface area contributed by atoms with E-state index < -0.39 is 0 Å². The number of aromatic nitrogens is 3. The molecule has 1 aliphatic heterocycles. The molecule has 2 aliphatic rings. The molecule has 0 radical (unpaired) electrons. The van der Waals surface area contributed by atoms with Crippen LogP contribution in [0.5, 0.6) is 0 Å². The molecule has 1 aromatic rings. The molecule has 2 N–H and O–H groups in total. The Kier molecular flexibility index (Phi) is 6.24. The van der Waals surface area contributed by atoms with E-state index in [2.05, 4.69) is 38.4 Å². The highest BCUT2D eigenvalue weighted by Crippen LogP contribution is 2.19. The van der Waals surface area contributed by atoms with Gasteiger partial charge >= 0.3 is 0 Å². The Bertz CT molecular complexity index is 608. The third-order valence-electron chi connectivity index (χ3n) is 5.35. The molecule has 6 nitrogen and oxygen atoms in total. The number of carbonyl (C=O) groups excluding carboxylic acids is 1. The molecule has 138 valence electrons. The molecule has 0 unspecified atom stereocenters. The molecular formula is C19H31N5O. The molecule has 0 saturated carbocycles. The molecule has 3 rings (SSSR count). The highest BCUT2D eigenvalue weighted by molar-refractivity contribution is 5.81. The number of allylic oxidation sites excluding steroid dienone is 1. The Morgan fingerprint density at radius 1 is 1.36 bits per heavy atom. The van der Waals surface area contributed by atoms with Crippen LogP contribution in [0, 0.1) is 0 Å². The minimum Gasteiger partial charge on any atom is -0.354 e. The molecule has 0 spiro atoms. The molecule has 0 fully saturated rings. The number of hydrogen-bond donors (Lipinski definition) is 2. The second-order valence-electron chi connectivity index (χ2n) is 7.27. The van der Waals surface area contributed by atoms with E-state index in [1.54, 1.807) is 0 Å². The van der Waals surface area contributed by atoms with Gasteiger partial charge in [0.25, 0.3) is 0 Å². The van der Waals surface area contributed by atoms with Crippen molar-refractivity contribution in [1.82, 2.24) is 25.4 Å². The maximum absolute atomic E-state index is 12.4. The van der Waals surface area contributed by atoms with Crippen LogP contribution in [0.25, 0.3) is 0 Å². The predicted octanol–water partition coefficient (Wildman–Crippen LogP) is 2.14. The fraction of sp³-hybridized carbons (Fsp3) is 0.737. The zero-order valence-electron chi connectivity index (χ0n) is 15.6. The molecule has 0 bridgehead atoms. The van der Waals surface area contributed by atoms with Gasteiger partial charge in [0, 0.05) is 32.0 Å². The summed E-state index contributed by atoms with van der Waals surface area (Å²) in [5.41, 5.74) is 1.51. The Balaban J connectivity index is 1.43. The van der Waals surface area contributed by atoms with Gasteiger partial charge in [-0.25, -0.2) is 0 Å². The average Bonchev–Trinajstić information content (AvgIpc) is 3.04. The molecule has 1 aromatic heterocycles. The topological polar surface area (TPSA) is 71.8 Å². The van der Waals surface area contributed by atoms with Crippen molar-refractivity contribution in [2.75, 3.05) is 6.54 Å². The van der Waals surface area contributed by atoms with E-state index in [0.717, 1.165) is 50.4 Å². The van der Waals surface area contributed by atoms with E-state index >= 15 is 0 Å². The first-order valence-corrected chi connectivity index (χ1v) is 9.80. The molecule has 0 aromatic carbocycles. The maximum atomic E-state index is 12.4. The number of carbonyl (C=O) groups is 1. The normalized spacial score (nSPS) is 21.4. The fourth-order valence-corrected chi connectivity index (χ4v) is 3.84. The van der Waals surface area contributed by atoms with Crippen molar-refractivity contribution < 1.29 is 4.79 Å². The van der Waals surface area contributed by atoms with E-state index in [4.69, 9.17) is 0 Å². The summed E-state index contributed by atoms with van der Waals surface area (Å²) in [6.07, 6.45) is 11.2. The van der Waals surface area contributed by atoms with Crippen LogP contribution in [0.1, 0.15) is 64.0 Å². The van der Waals surface area contributed by atoms with Crippen molar-refractivity contribution >= 4 is 5.91 Å². The third-order valence-corrected chi connectivity index (χ3v) is 5.35. The number of amides is 1. The van der Waals surface area contributed by atoms with Gasteiger partial charge in [-0.1, -0.05) is 18.6 Å². The number of aryl methyl sites for hydroxylation is 2. The van der Waals surface area contributed by atoms with Gasteiger partial charge in [-0.2, -0.15) is 0 Å². The van der Waals surface area contributed by atoms with Crippen LogP contribution >= 0.6 is 0 Å². The molecule has 6 heteroatoms. The molecule has 1 amide bonds. The average molecular weight is 345 g/mol. The first-order chi connectivity index (χ1) is 12.2. The van der Waals surface area contributed by atoms with Gasteiger partial charge in [0.1, 0.15) is 11.6 Å². The number of rotatable bonds is 7. The quantitative estimate of drug-likeness (QED) is 0.743. The predicted molar refractivity (Wildman–Crippen MR) is 98.3 cm³/mol. The van der Waals surface area contributed by atoms with Crippen LogP contribution in [-0.4, -0.2) is 39.3 Å². The summed E-state index contributed by atoms with van der Waals surface area (Å²) in [4.78, 5) is 12.4. The Morgan fingerprint density at radius 3 is 3.00 bits per heavy atom. The lowest BCUT2D eigenvalue weighted by Gasteiger charge is -2.28. The minimum atomic E-state index is -0.173. The van der Waals surface area contributed by atoms with Crippen LogP contribution in [0.15, 0.2) is 11.6 Å². The van der Waals surface area contributed by atoms with Crippen molar-refractivity contribution in [2.45, 2.75) is 83.8 Å². The molecule has 2 atom stereocenters. The Morgan fingerprint density at radius 2 is 2.24 bits per heavy atom. The molecule has 25 heavy (non-hydrogen) atoms. The van der Waals surface area contributed by atoms with Crippen molar-refractivity contribution in [3.05, 3.63) is 23.3 Å². The van der Waals surface area contributed by atoms with E-state index in [-0.39, 0.29) is 11.9 Å². The van der Waals surface area contributed by atoms with Crippen molar-refractivity contribution in [1.29, 1.82) is 0 Å². The van der Waals surface area contributed by atoms with Crippen LogP contribution in [0.2, 0.25) is 0 Å². The van der Waals surface area contributed by atoms with Crippen molar-refractivity contribution in [3.8, 4) is 0 Å². The fourth-order valence-electron chi connectivity index (χ4n) is 3.84. The summed E-state index contributed by atoms with van der Waals surface area (Å²) in [5.74, 6) is 2.22. The van der Waals surface area contributed by atoms with Gasteiger partial charge in [-0.3, -0.25) is 4.79 Å². The smallest absolute Gasteiger partial charge is 0.236 e. The lowest BCUT2D eigenvalue weighted by Crippen LogP contribution is -2.49. The number of hydrogen-bond acceptors (Lipinski definition) is 4. The van der Waals surface area contributed by atoms with Gasteiger partial charge < -0.3 is 15.2 Å². The summed E-state index contributed by atoms with van der Waals surface area (Å²) >= 11 is 0. The maximum Gasteiger partial charge on any atom is 0.236 e. The van der Waals surface area contributed by atoms with Crippen LogP contribution in [0.4, 0.5) is 0 Å². The van der Waals surface area contributed by atoms with E-state index in [9.17, 15) is 4.79 Å². The monoisotopic (exact) mass is 345 g/mol. The van der Waals surface area contributed by atoms with Gasteiger partial charge in [-0.05, 0) is 45.4 Å². The summed E-state index contributed by atoms with van der Waals surface area (Å²) in [6.45, 7) is 5.66. The first kappa shape index (κ1) is 18.1. The van der Waals surface area contributed by atoms with Crippen LogP contribution in [0.3, 0.4) is 0 Å². The number of nitrogens with zero attached hydrogens (tertiary/aromatic N) is 3. The van der Waals surface area contributed by atoms with E-state index in [1.165, 1.54) is 31.3 Å². The van der Waals surface area contributed by atoms with Crippen molar-refractivity contribution in [3.63, 3.8) is 0 Å². The zero-order valence-corrected chi connectivity index (χ0v) is 15.6. The molecule has 0 saturated heterocycles. The SMILES string of the molecule is CCc1nnc2n1C[C@@H](N[C@@H](C)C(=O)NCCC1=CCCCC1)CC2. The Labute approximate surface area is 150 Å². The summed E-state index contributed by atoms with van der Waals surface area (Å²) < 4.78 is 2.21. The summed E-state index contributed by atoms with van der Waals surface area (Å²) in [7, 11) is 0. The highest BCUT2D eigenvalue weighted by Gasteiger charge is 2.25. The largest absolute Gasteiger partial charge is 0.354 e. The lowest BCUT2D eigenvalue weighted by molar-refractivity contribution is -0.122. The van der Waals surface area contributed by atoms with E-state index in [1.807, 2.05) is 6.92 Å². The molecular weight excluding hydrogens is 314 g/mol. The van der Waals surface area contributed by atoms with Crippen LogP contribution in [-0.2, 0) is 24.2 Å². The van der Waals surface area contributed by atoms with E-state index in [0.29, 0.717) is 6.04 Å². The van der Waals surface area contributed by atoms with Crippen molar-refractivity contribution in [2.24, 2.45) is 0 Å². The number of nitrogens with one attached hydrogen (secondary N) is 2. The van der Waals surface area contributed by atoms with Gasteiger partial charge in [-0.15, -0.1) is 10.2 Å².